The highest BCUT2D eigenvalue weighted by atomic mass is 35.5. The fourth-order valence-electron chi connectivity index (χ4n) is 2.10. The summed E-state index contributed by atoms with van der Waals surface area (Å²) >= 11 is 7.37. The first-order valence-corrected chi connectivity index (χ1v) is 7.41. The molecule has 2 aromatic heterocycles. The summed E-state index contributed by atoms with van der Waals surface area (Å²) in [5.74, 6) is -1.05. The first-order chi connectivity index (χ1) is 10.1. The summed E-state index contributed by atoms with van der Waals surface area (Å²) < 4.78 is 2.31. The Morgan fingerprint density at radius 3 is 2.67 bits per heavy atom. The maximum Gasteiger partial charge on any atom is 0.356 e. The van der Waals surface area contributed by atoms with E-state index >= 15 is 0 Å². The number of carboxylic acids is 1. The lowest BCUT2D eigenvalue weighted by atomic mass is 10.2. The zero-order chi connectivity index (χ0) is 15.0. The van der Waals surface area contributed by atoms with Crippen LogP contribution in [0, 0.1) is 6.92 Å². The molecule has 0 fully saturated rings. The third kappa shape index (κ3) is 2.57. The molecule has 106 valence electrons. The van der Waals surface area contributed by atoms with Gasteiger partial charge in [0.15, 0.2) is 5.69 Å². The molecule has 0 aliphatic heterocycles. The van der Waals surface area contributed by atoms with E-state index in [-0.39, 0.29) is 5.69 Å². The second-order valence-electron chi connectivity index (χ2n) is 4.52. The molecule has 0 amide bonds. The van der Waals surface area contributed by atoms with Gasteiger partial charge in [0.1, 0.15) is 0 Å². The van der Waals surface area contributed by atoms with E-state index in [4.69, 9.17) is 11.6 Å². The molecule has 3 rings (SSSR count). The minimum atomic E-state index is -1.05. The van der Waals surface area contributed by atoms with Crippen LogP contribution in [-0.4, -0.2) is 20.9 Å². The number of carbonyl (C=O) groups is 1. The quantitative estimate of drug-likeness (QED) is 0.785. The molecule has 0 aliphatic rings. The molecular weight excluding hydrogens is 308 g/mol. The van der Waals surface area contributed by atoms with Crippen LogP contribution in [0.15, 0.2) is 42.5 Å². The van der Waals surface area contributed by atoms with E-state index in [2.05, 4.69) is 5.10 Å². The summed E-state index contributed by atoms with van der Waals surface area (Å²) in [5, 5.41) is 13.4. The van der Waals surface area contributed by atoms with E-state index in [1.807, 2.05) is 37.3 Å². The number of aromatic carboxylic acids is 1. The van der Waals surface area contributed by atoms with E-state index in [1.54, 1.807) is 16.8 Å². The van der Waals surface area contributed by atoms with E-state index < -0.39 is 5.97 Å². The number of para-hydroxylation sites is 1. The SMILES string of the molecule is Cc1ccccc1-n1nc(C(=O)O)cc1-c1ccc(Cl)s1. The molecule has 21 heavy (non-hydrogen) atoms. The standard InChI is InChI=1S/C15H11ClN2O2S/c1-9-4-2-3-5-11(9)18-12(8-10(17-18)15(19)20)13-6-7-14(16)21-13/h2-8H,1H3,(H,19,20). The van der Waals surface area contributed by atoms with Gasteiger partial charge in [-0.15, -0.1) is 11.3 Å². The Hall–Kier alpha value is -2.11. The molecule has 0 bridgehead atoms. The number of thiophene rings is 1. The molecule has 0 atom stereocenters. The largest absolute Gasteiger partial charge is 0.476 e. The van der Waals surface area contributed by atoms with E-state index in [9.17, 15) is 9.90 Å². The molecule has 4 nitrogen and oxygen atoms in total. The zero-order valence-corrected chi connectivity index (χ0v) is 12.6. The van der Waals surface area contributed by atoms with Crippen molar-refractivity contribution in [2.24, 2.45) is 0 Å². The summed E-state index contributed by atoms with van der Waals surface area (Å²) in [6.07, 6.45) is 0. The molecule has 0 saturated carbocycles. The monoisotopic (exact) mass is 318 g/mol. The number of rotatable bonds is 3. The third-order valence-corrected chi connectivity index (χ3v) is 4.35. The molecule has 2 heterocycles. The molecule has 1 N–H and O–H groups in total. The van der Waals surface area contributed by atoms with Gasteiger partial charge in [0.25, 0.3) is 0 Å². The van der Waals surface area contributed by atoms with Crippen molar-refractivity contribution in [2.45, 2.75) is 6.92 Å². The van der Waals surface area contributed by atoms with Crippen molar-refractivity contribution in [3.8, 4) is 16.3 Å². The van der Waals surface area contributed by atoms with Gasteiger partial charge in [0.2, 0.25) is 0 Å². The van der Waals surface area contributed by atoms with Gasteiger partial charge in [-0.3, -0.25) is 0 Å². The van der Waals surface area contributed by atoms with Crippen molar-refractivity contribution in [1.82, 2.24) is 9.78 Å². The number of carboxylic acid groups (broad SMARTS) is 1. The fraction of sp³-hybridized carbons (Fsp3) is 0.0667. The van der Waals surface area contributed by atoms with E-state index in [0.717, 1.165) is 21.8 Å². The average Bonchev–Trinajstić information content (AvgIpc) is 3.05. The Morgan fingerprint density at radius 1 is 1.29 bits per heavy atom. The lowest BCUT2D eigenvalue weighted by Gasteiger charge is -2.08. The Balaban J connectivity index is 2.24. The zero-order valence-electron chi connectivity index (χ0n) is 11.1. The summed E-state index contributed by atoms with van der Waals surface area (Å²) in [6, 6.07) is 12.9. The minimum Gasteiger partial charge on any atom is -0.476 e. The van der Waals surface area contributed by atoms with E-state index in [0.29, 0.717) is 4.34 Å². The maximum atomic E-state index is 11.2. The molecule has 6 heteroatoms. The molecule has 3 aromatic rings. The second kappa shape index (κ2) is 5.35. The minimum absolute atomic E-state index is 0.0118. The number of aromatic nitrogens is 2. The van der Waals surface area contributed by atoms with Gasteiger partial charge in [0, 0.05) is 6.07 Å². The topological polar surface area (TPSA) is 55.1 Å². The predicted molar refractivity (Wildman–Crippen MR) is 83.6 cm³/mol. The fourth-order valence-corrected chi connectivity index (χ4v) is 3.14. The van der Waals surface area contributed by atoms with Crippen LogP contribution >= 0.6 is 22.9 Å². The van der Waals surface area contributed by atoms with Crippen molar-refractivity contribution < 1.29 is 9.90 Å². The molecule has 1 aromatic carbocycles. The van der Waals surface area contributed by atoms with Gasteiger partial charge in [0.05, 0.1) is 20.6 Å². The van der Waals surface area contributed by atoms with E-state index in [1.165, 1.54) is 11.3 Å². The average molecular weight is 319 g/mol. The van der Waals surface area contributed by atoms with Crippen LogP contribution in [0.4, 0.5) is 0 Å². The number of halogens is 1. The highest BCUT2D eigenvalue weighted by molar-refractivity contribution is 7.19. The van der Waals surface area contributed by atoms with Gasteiger partial charge in [-0.1, -0.05) is 29.8 Å². The van der Waals surface area contributed by atoms with Crippen LogP contribution in [-0.2, 0) is 0 Å². The Labute approximate surface area is 130 Å². The Bertz CT molecular complexity index is 823. The first-order valence-electron chi connectivity index (χ1n) is 6.21. The van der Waals surface area contributed by atoms with Crippen molar-refractivity contribution in [3.05, 3.63) is 58.1 Å². The number of aryl methyl sites for hydroxylation is 1. The summed E-state index contributed by atoms with van der Waals surface area (Å²) in [4.78, 5) is 12.1. The first kappa shape index (κ1) is 13.9. The van der Waals surface area contributed by atoms with Gasteiger partial charge >= 0.3 is 5.97 Å². The van der Waals surface area contributed by atoms with Crippen LogP contribution < -0.4 is 0 Å². The number of benzene rings is 1. The van der Waals surface area contributed by atoms with Crippen LogP contribution in [0.3, 0.4) is 0 Å². The molecule has 0 spiro atoms. The van der Waals surface area contributed by atoms with Crippen LogP contribution in [0.2, 0.25) is 4.34 Å². The summed E-state index contributed by atoms with van der Waals surface area (Å²) in [5.41, 5.74) is 2.60. The third-order valence-electron chi connectivity index (χ3n) is 3.10. The predicted octanol–water partition coefficient (Wildman–Crippen LogP) is 4.26. The number of nitrogens with zero attached hydrogens (tertiary/aromatic N) is 2. The summed E-state index contributed by atoms with van der Waals surface area (Å²) in [6.45, 7) is 1.96. The van der Waals surface area contributed by atoms with Crippen molar-refractivity contribution >= 4 is 28.9 Å². The smallest absolute Gasteiger partial charge is 0.356 e. The molecule has 0 aliphatic carbocycles. The van der Waals surface area contributed by atoms with Crippen LogP contribution in [0.25, 0.3) is 16.3 Å². The lowest BCUT2D eigenvalue weighted by Crippen LogP contribution is -2.03. The van der Waals surface area contributed by atoms with Crippen molar-refractivity contribution in [1.29, 1.82) is 0 Å². The normalized spacial score (nSPS) is 10.8. The van der Waals surface area contributed by atoms with Gasteiger partial charge < -0.3 is 5.11 Å². The van der Waals surface area contributed by atoms with Gasteiger partial charge in [-0.25, -0.2) is 9.48 Å². The molecular formula is C15H11ClN2O2S. The lowest BCUT2D eigenvalue weighted by molar-refractivity contribution is 0.0690. The molecule has 0 saturated heterocycles. The molecule has 0 radical (unpaired) electrons. The number of hydrogen-bond donors (Lipinski definition) is 1. The summed E-state index contributed by atoms with van der Waals surface area (Å²) in [7, 11) is 0. The Kier molecular flexibility index (Phi) is 3.53. The van der Waals surface area contributed by atoms with Crippen LogP contribution in [0.1, 0.15) is 16.1 Å². The Morgan fingerprint density at radius 2 is 2.05 bits per heavy atom. The van der Waals surface area contributed by atoms with Gasteiger partial charge in [-0.05, 0) is 30.7 Å². The highest BCUT2D eigenvalue weighted by Gasteiger charge is 2.17. The highest BCUT2D eigenvalue weighted by Crippen LogP contribution is 2.33. The number of hydrogen-bond acceptors (Lipinski definition) is 3. The van der Waals surface area contributed by atoms with Crippen molar-refractivity contribution in [3.63, 3.8) is 0 Å². The maximum absolute atomic E-state index is 11.2. The van der Waals surface area contributed by atoms with Gasteiger partial charge in [-0.2, -0.15) is 5.10 Å². The van der Waals surface area contributed by atoms with Crippen molar-refractivity contribution in [2.75, 3.05) is 0 Å². The molecule has 0 unspecified atom stereocenters. The van der Waals surface area contributed by atoms with Crippen LogP contribution in [0.5, 0.6) is 0 Å². The second-order valence-corrected chi connectivity index (χ2v) is 6.24.